The van der Waals surface area contributed by atoms with Crippen LogP contribution in [0.4, 0.5) is 0 Å². The monoisotopic (exact) mass is 578 g/mol. The molecule has 0 aromatic heterocycles. The highest BCUT2D eigenvalue weighted by atomic mass is 127. The molecule has 0 fully saturated rings. The number of nitrogens with one attached hydrogen (secondary N) is 1. The number of carbonyl (C=O) groups is 1. The minimum atomic E-state index is -0.374. The average molecular weight is 578 g/mol. The Bertz CT molecular complexity index is 813. The van der Waals surface area contributed by atoms with Crippen LogP contribution in [0.5, 0.6) is 11.5 Å². The van der Waals surface area contributed by atoms with Gasteiger partial charge in [0.2, 0.25) is 0 Å². The third-order valence-corrected chi connectivity index (χ3v) is 4.99. The molecule has 2 aromatic carbocycles. The normalized spacial score (nSPS) is 11.6. The zero-order chi connectivity index (χ0) is 19.3. The van der Waals surface area contributed by atoms with E-state index in [1.807, 2.05) is 52.9 Å². The fourth-order valence-corrected chi connectivity index (χ4v) is 3.98. The number of phenolic OH excluding ortho intramolecular Hbond substituents is 1. The molecule has 26 heavy (non-hydrogen) atoms. The molecule has 7 heteroatoms. The molecule has 2 aromatic rings. The predicted molar refractivity (Wildman–Crippen MR) is 120 cm³/mol. The number of nitrogens with zero attached hydrogens (tertiary/aromatic N) is 1. The standard InChI is InChI=1S/C19H20I2N2O3/c1-19(2,3)13-4-6-15(7-5-13)26-11-17(24)23-22-10-12-8-14(20)9-16(21)18(12)25/h4-10,25H,11H2,1-3H3,(H,23,24)/b22-10+. The van der Waals surface area contributed by atoms with Crippen molar-refractivity contribution in [2.75, 3.05) is 6.61 Å². The molecule has 0 radical (unpaired) electrons. The number of phenols is 1. The SMILES string of the molecule is CC(C)(C)c1ccc(OCC(=O)N/N=C/c2cc(I)cc(I)c2O)cc1. The summed E-state index contributed by atoms with van der Waals surface area (Å²) < 4.78 is 7.16. The Kier molecular flexibility index (Phi) is 7.27. The number of hydrogen-bond donors (Lipinski definition) is 2. The number of hydrazone groups is 1. The molecule has 2 N–H and O–H groups in total. The average Bonchev–Trinajstić information content (AvgIpc) is 2.57. The minimum Gasteiger partial charge on any atom is -0.506 e. The lowest BCUT2D eigenvalue weighted by Crippen LogP contribution is -2.24. The Labute approximate surface area is 180 Å². The molecule has 0 aliphatic heterocycles. The minimum absolute atomic E-state index is 0.0727. The van der Waals surface area contributed by atoms with Crippen LogP contribution in [0, 0.1) is 7.14 Å². The van der Waals surface area contributed by atoms with Gasteiger partial charge in [-0.1, -0.05) is 32.9 Å². The molecule has 1 amide bonds. The van der Waals surface area contributed by atoms with E-state index >= 15 is 0 Å². The third kappa shape index (κ3) is 6.11. The molecular formula is C19H20I2N2O3. The highest BCUT2D eigenvalue weighted by Crippen LogP contribution is 2.26. The van der Waals surface area contributed by atoms with Crippen molar-refractivity contribution in [2.24, 2.45) is 5.10 Å². The molecule has 138 valence electrons. The topological polar surface area (TPSA) is 70.9 Å². The summed E-state index contributed by atoms with van der Waals surface area (Å²) in [5.74, 6) is 0.391. The molecule has 0 bridgehead atoms. The lowest BCUT2D eigenvalue weighted by atomic mass is 9.87. The smallest absolute Gasteiger partial charge is 0.277 e. The molecule has 2 rings (SSSR count). The van der Waals surface area contributed by atoms with Gasteiger partial charge in [0.15, 0.2) is 6.61 Å². The van der Waals surface area contributed by atoms with Gasteiger partial charge in [-0.25, -0.2) is 5.43 Å². The van der Waals surface area contributed by atoms with Crippen LogP contribution in [0.1, 0.15) is 31.9 Å². The summed E-state index contributed by atoms with van der Waals surface area (Å²) in [5.41, 5.74) is 4.21. The maximum atomic E-state index is 11.8. The third-order valence-electron chi connectivity index (χ3n) is 3.54. The summed E-state index contributed by atoms with van der Waals surface area (Å²) in [6.45, 7) is 6.28. The van der Waals surface area contributed by atoms with E-state index in [9.17, 15) is 9.90 Å². The number of rotatable bonds is 5. The van der Waals surface area contributed by atoms with Gasteiger partial charge in [-0.15, -0.1) is 0 Å². The summed E-state index contributed by atoms with van der Waals surface area (Å²) in [5, 5.41) is 13.9. The first-order valence-corrected chi connectivity index (χ1v) is 10.1. The van der Waals surface area contributed by atoms with Gasteiger partial charge in [-0.05, 0) is 80.4 Å². The van der Waals surface area contributed by atoms with Gasteiger partial charge in [0.1, 0.15) is 11.5 Å². The van der Waals surface area contributed by atoms with Gasteiger partial charge >= 0.3 is 0 Å². The van der Waals surface area contributed by atoms with Gasteiger partial charge in [-0.2, -0.15) is 5.10 Å². The summed E-state index contributed by atoms with van der Waals surface area (Å²) in [7, 11) is 0. The number of hydrogen-bond acceptors (Lipinski definition) is 4. The number of ether oxygens (including phenoxy) is 1. The van der Waals surface area contributed by atoms with Crippen LogP contribution in [-0.2, 0) is 10.2 Å². The van der Waals surface area contributed by atoms with E-state index in [-0.39, 0.29) is 23.7 Å². The van der Waals surface area contributed by atoms with Gasteiger partial charge in [0.25, 0.3) is 5.91 Å². The Morgan fingerprint density at radius 2 is 1.88 bits per heavy atom. The van der Waals surface area contributed by atoms with E-state index in [1.165, 1.54) is 11.8 Å². The van der Waals surface area contributed by atoms with Gasteiger partial charge in [0, 0.05) is 9.13 Å². The first kappa shape index (κ1) is 20.9. The van der Waals surface area contributed by atoms with Crippen molar-refractivity contribution in [1.82, 2.24) is 5.43 Å². The summed E-state index contributed by atoms with van der Waals surface area (Å²) in [6.07, 6.45) is 1.41. The molecule has 0 saturated heterocycles. The Morgan fingerprint density at radius 1 is 1.23 bits per heavy atom. The van der Waals surface area contributed by atoms with Crippen LogP contribution in [0.3, 0.4) is 0 Å². The van der Waals surface area contributed by atoms with E-state index in [2.05, 4.69) is 53.9 Å². The van der Waals surface area contributed by atoms with Crippen LogP contribution in [0.2, 0.25) is 0 Å². The number of benzene rings is 2. The van der Waals surface area contributed by atoms with Crippen LogP contribution in [-0.4, -0.2) is 23.8 Å². The van der Waals surface area contributed by atoms with Crippen LogP contribution >= 0.6 is 45.2 Å². The number of halogens is 2. The summed E-state index contributed by atoms with van der Waals surface area (Å²) in [4.78, 5) is 11.8. The molecule has 0 atom stereocenters. The van der Waals surface area contributed by atoms with E-state index < -0.39 is 0 Å². The maximum Gasteiger partial charge on any atom is 0.277 e. The van der Waals surface area contributed by atoms with Crippen molar-refractivity contribution in [3.8, 4) is 11.5 Å². The quantitative estimate of drug-likeness (QED) is 0.314. The first-order valence-electron chi connectivity index (χ1n) is 7.90. The molecule has 0 spiro atoms. The number of amides is 1. The van der Waals surface area contributed by atoms with E-state index in [1.54, 1.807) is 6.07 Å². The summed E-state index contributed by atoms with van der Waals surface area (Å²) >= 11 is 4.20. The van der Waals surface area contributed by atoms with Gasteiger partial charge in [0.05, 0.1) is 9.78 Å². The lowest BCUT2D eigenvalue weighted by Gasteiger charge is -2.19. The zero-order valence-electron chi connectivity index (χ0n) is 14.7. The molecule has 0 aliphatic rings. The van der Waals surface area contributed by atoms with Crippen molar-refractivity contribution < 1.29 is 14.6 Å². The molecule has 0 heterocycles. The molecule has 0 saturated carbocycles. The largest absolute Gasteiger partial charge is 0.506 e. The zero-order valence-corrected chi connectivity index (χ0v) is 19.0. The highest BCUT2D eigenvalue weighted by molar-refractivity contribution is 14.1. The van der Waals surface area contributed by atoms with Gasteiger partial charge < -0.3 is 9.84 Å². The fraction of sp³-hybridized carbons (Fsp3) is 0.263. The van der Waals surface area contributed by atoms with Crippen LogP contribution in [0.25, 0.3) is 0 Å². The Morgan fingerprint density at radius 3 is 2.50 bits per heavy atom. The predicted octanol–water partition coefficient (Wildman–Crippen LogP) is 4.43. The second-order valence-corrected chi connectivity index (χ2v) is 9.09. The second-order valence-electron chi connectivity index (χ2n) is 6.68. The first-order chi connectivity index (χ1) is 12.2. The van der Waals surface area contributed by atoms with Crippen LogP contribution < -0.4 is 10.2 Å². The highest BCUT2D eigenvalue weighted by Gasteiger charge is 2.13. The number of carbonyl (C=O) groups excluding carboxylic acids is 1. The summed E-state index contributed by atoms with van der Waals surface area (Å²) in [6, 6.07) is 11.3. The maximum absolute atomic E-state index is 11.8. The van der Waals surface area contributed by atoms with Crippen molar-refractivity contribution in [1.29, 1.82) is 0 Å². The van der Waals surface area contributed by atoms with E-state index in [0.717, 1.165) is 7.14 Å². The Hall–Kier alpha value is -1.36. The van der Waals surface area contributed by atoms with Gasteiger partial charge in [-0.3, -0.25) is 4.79 Å². The molecule has 5 nitrogen and oxygen atoms in total. The van der Waals surface area contributed by atoms with Crippen LogP contribution in [0.15, 0.2) is 41.5 Å². The van der Waals surface area contributed by atoms with E-state index in [4.69, 9.17) is 4.74 Å². The lowest BCUT2D eigenvalue weighted by molar-refractivity contribution is -0.123. The van der Waals surface area contributed by atoms with Crippen molar-refractivity contribution in [3.05, 3.63) is 54.7 Å². The Balaban J connectivity index is 1.88. The molecular weight excluding hydrogens is 558 g/mol. The van der Waals surface area contributed by atoms with Crippen molar-refractivity contribution in [3.63, 3.8) is 0 Å². The fourth-order valence-electron chi connectivity index (χ4n) is 2.09. The number of aromatic hydroxyl groups is 1. The molecule has 0 unspecified atom stereocenters. The van der Waals surface area contributed by atoms with E-state index in [0.29, 0.717) is 11.3 Å². The molecule has 0 aliphatic carbocycles. The van der Waals surface area contributed by atoms with Crippen molar-refractivity contribution >= 4 is 57.3 Å². The van der Waals surface area contributed by atoms with Crippen molar-refractivity contribution in [2.45, 2.75) is 26.2 Å². The second kappa shape index (κ2) is 9.03.